The maximum absolute atomic E-state index is 12.3. The summed E-state index contributed by atoms with van der Waals surface area (Å²) in [4.78, 5) is 16.2. The number of anilines is 1. The van der Waals surface area contributed by atoms with E-state index in [1.165, 1.54) is 6.39 Å². The van der Waals surface area contributed by atoms with Gasteiger partial charge in [-0.3, -0.25) is 0 Å². The SMILES string of the molecule is COc1ccccc1C1CC1NC(=O)Nc1cccc(-c2cnco2)c1. The average molecular weight is 349 g/mol. The highest BCUT2D eigenvalue weighted by molar-refractivity contribution is 5.90. The van der Waals surface area contributed by atoms with Crippen LogP contribution in [0.15, 0.2) is 65.5 Å². The van der Waals surface area contributed by atoms with Crippen LogP contribution in [0.2, 0.25) is 0 Å². The first kappa shape index (κ1) is 16.2. The lowest BCUT2D eigenvalue weighted by molar-refractivity contribution is 0.251. The van der Waals surface area contributed by atoms with Crippen molar-refractivity contribution in [3.05, 3.63) is 66.7 Å². The predicted molar refractivity (Wildman–Crippen MR) is 98.2 cm³/mol. The van der Waals surface area contributed by atoms with Crippen molar-refractivity contribution in [1.82, 2.24) is 10.3 Å². The van der Waals surface area contributed by atoms with E-state index in [9.17, 15) is 4.79 Å². The molecule has 2 amide bonds. The number of benzene rings is 2. The normalized spacial score (nSPS) is 18.2. The van der Waals surface area contributed by atoms with Crippen molar-refractivity contribution in [2.45, 2.75) is 18.4 Å². The number of ether oxygens (including phenoxy) is 1. The second kappa shape index (κ2) is 6.92. The van der Waals surface area contributed by atoms with Crippen LogP contribution in [0, 0.1) is 0 Å². The summed E-state index contributed by atoms with van der Waals surface area (Å²) >= 11 is 0. The molecule has 1 aliphatic carbocycles. The lowest BCUT2D eigenvalue weighted by atomic mass is 10.1. The zero-order valence-electron chi connectivity index (χ0n) is 14.3. The summed E-state index contributed by atoms with van der Waals surface area (Å²) in [5.41, 5.74) is 2.69. The van der Waals surface area contributed by atoms with Gasteiger partial charge in [-0.25, -0.2) is 9.78 Å². The summed E-state index contributed by atoms with van der Waals surface area (Å²) in [7, 11) is 1.66. The number of urea groups is 1. The van der Waals surface area contributed by atoms with Crippen LogP contribution in [0.25, 0.3) is 11.3 Å². The minimum Gasteiger partial charge on any atom is -0.496 e. The predicted octanol–water partition coefficient (Wildman–Crippen LogP) is 4.03. The molecule has 0 radical (unpaired) electrons. The Morgan fingerprint density at radius 2 is 2.12 bits per heavy atom. The number of oxazole rings is 1. The average Bonchev–Trinajstić information content (AvgIpc) is 3.19. The van der Waals surface area contributed by atoms with E-state index in [-0.39, 0.29) is 18.0 Å². The standard InChI is InChI=1S/C20H19N3O3/c1-25-18-8-3-2-7-15(18)16-10-17(16)23-20(24)22-14-6-4-5-13(9-14)19-11-21-12-26-19/h2-9,11-12,16-17H,10H2,1H3,(H2,22,23,24). The van der Waals surface area contributed by atoms with E-state index >= 15 is 0 Å². The van der Waals surface area contributed by atoms with E-state index in [1.54, 1.807) is 13.3 Å². The molecule has 1 aromatic heterocycles. The monoisotopic (exact) mass is 349 g/mol. The molecular weight excluding hydrogens is 330 g/mol. The molecule has 4 rings (SSSR count). The highest BCUT2D eigenvalue weighted by Crippen LogP contribution is 2.44. The largest absolute Gasteiger partial charge is 0.496 e. The van der Waals surface area contributed by atoms with Gasteiger partial charge >= 0.3 is 6.03 Å². The molecule has 1 heterocycles. The molecule has 2 N–H and O–H groups in total. The molecule has 0 saturated heterocycles. The molecule has 26 heavy (non-hydrogen) atoms. The second-order valence-electron chi connectivity index (χ2n) is 6.24. The van der Waals surface area contributed by atoms with Crippen LogP contribution in [-0.4, -0.2) is 24.2 Å². The lowest BCUT2D eigenvalue weighted by Gasteiger charge is -2.10. The van der Waals surface area contributed by atoms with Gasteiger partial charge in [0.15, 0.2) is 12.2 Å². The van der Waals surface area contributed by atoms with Crippen molar-refractivity contribution in [3.63, 3.8) is 0 Å². The Bertz CT molecular complexity index is 908. The fraction of sp³-hybridized carbons (Fsp3) is 0.200. The fourth-order valence-corrected chi connectivity index (χ4v) is 3.12. The first-order valence-electron chi connectivity index (χ1n) is 8.44. The van der Waals surface area contributed by atoms with Crippen LogP contribution in [-0.2, 0) is 0 Å². The molecule has 0 spiro atoms. The molecule has 0 bridgehead atoms. The Morgan fingerprint density at radius 1 is 1.23 bits per heavy atom. The van der Waals surface area contributed by atoms with Crippen LogP contribution in [0.3, 0.4) is 0 Å². The zero-order chi connectivity index (χ0) is 17.9. The molecule has 1 saturated carbocycles. The molecule has 0 aliphatic heterocycles. The highest BCUT2D eigenvalue weighted by Gasteiger charge is 2.41. The van der Waals surface area contributed by atoms with Gasteiger partial charge in [0.25, 0.3) is 0 Å². The second-order valence-corrected chi connectivity index (χ2v) is 6.24. The number of para-hydroxylation sites is 1. The van der Waals surface area contributed by atoms with Crippen molar-refractivity contribution >= 4 is 11.7 Å². The van der Waals surface area contributed by atoms with E-state index in [1.807, 2.05) is 48.5 Å². The van der Waals surface area contributed by atoms with Gasteiger partial charge < -0.3 is 19.8 Å². The van der Waals surface area contributed by atoms with E-state index in [2.05, 4.69) is 15.6 Å². The van der Waals surface area contributed by atoms with Crippen molar-refractivity contribution in [1.29, 1.82) is 0 Å². The summed E-state index contributed by atoms with van der Waals surface area (Å²) in [6.45, 7) is 0. The smallest absolute Gasteiger partial charge is 0.319 e. The van der Waals surface area contributed by atoms with Crippen LogP contribution in [0.4, 0.5) is 10.5 Å². The van der Waals surface area contributed by atoms with Gasteiger partial charge in [-0.2, -0.15) is 0 Å². The number of hydrogen-bond donors (Lipinski definition) is 2. The Morgan fingerprint density at radius 3 is 2.92 bits per heavy atom. The van der Waals surface area contributed by atoms with E-state index < -0.39 is 0 Å². The Balaban J connectivity index is 1.38. The number of nitrogens with zero attached hydrogens (tertiary/aromatic N) is 1. The Labute approximate surface area is 151 Å². The van der Waals surface area contributed by atoms with Crippen LogP contribution >= 0.6 is 0 Å². The molecule has 6 nitrogen and oxygen atoms in total. The number of methoxy groups -OCH3 is 1. The van der Waals surface area contributed by atoms with Gasteiger partial charge in [-0.15, -0.1) is 0 Å². The summed E-state index contributed by atoms with van der Waals surface area (Å²) < 4.78 is 10.7. The maximum atomic E-state index is 12.3. The van der Waals surface area contributed by atoms with Crippen molar-refractivity contribution in [2.24, 2.45) is 0 Å². The van der Waals surface area contributed by atoms with Gasteiger partial charge in [-0.05, 0) is 30.2 Å². The van der Waals surface area contributed by atoms with Gasteiger partial charge in [-0.1, -0.05) is 30.3 Å². The summed E-state index contributed by atoms with van der Waals surface area (Å²) in [5.74, 6) is 1.81. The fourth-order valence-electron chi connectivity index (χ4n) is 3.12. The van der Waals surface area contributed by atoms with Crippen molar-refractivity contribution in [2.75, 3.05) is 12.4 Å². The summed E-state index contributed by atoms with van der Waals surface area (Å²) in [6, 6.07) is 15.3. The number of aromatic nitrogens is 1. The first-order chi connectivity index (χ1) is 12.7. The van der Waals surface area contributed by atoms with Gasteiger partial charge in [0.05, 0.1) is 13.3 Å². The quantitative estimate of drug-likeness (QED) is 0.729. The third-order valence-corrected chi connectivity index (χ3v) is 4.48. The minimum atomic E-state index is -0.220. The molecule has 2 atom stereocenters. The van der Waals surface area contributed by atoms with Crippen LogP contribution in [0.5, 0.6) is 5.75 Å². The van der Waals surface area contributed by atoms with E-state index in [0.29, 0.717) is 11.4 Å². The van der Waals surface area contributed by atoms with E-state index in [4.69, 9.17) is 9.15 Å². The number of hydrogen-bond acceptors (Lipinski definition) is 4. The highest BCUT2D eigenvalue weighted by atomic mass is 16.5. The lowest BCUT2D eigenvalue weighted by Crippen LogP contribution is -2.31. The number of nitrogens with one attached hydrogen (secondary N) is 2. The first-order valence-corrected chi connectivity index (χ1v) is 8.44. The third kappa shape index (κ3) is 3.39. The number of carbonyl (C=O) groups is 1. The van der Waals surface area contributed by atoms with Gasteiger partial charge in [0.1, 0.15) is 5.75 Å². The van der Waals surface area contributed by atoms with E-state index in [0.717, 1.165) is 23.3 Å². The molecule has 3 aromatic rings. The van der Waals surface area contributed by atoms with Gasteiger partial charge in [0.2, 0.25) is 0 Å². The third-order valence-electron chi connectivity index (χ3n) is 4.48. The summed E-state index contributed by atoms with van der Waals surface area (Å²) in [5, 5.41) is 5.89. The van der Waals surface area contributed by atoms with Gasteiger partial charge in [0, 0.05) is 23.2 Å². The van der Waals surface area contributed by atoms with Crippen molar-refractivity contribution in [3.8, 4) is 17.1 Å². The Kier molecular flexibility index (Phi) is 4.31. The molecule has 2 aromatic carbocycles. The maximum Gasteiger partial charge on any atom is 0.319 e. The number of carbonyl (C=O) groups excluding carboxylic acids is 1. The molecular formula is C20H19N3O3. The number of rotatable bonds is 5. The molecule has 1 aliphatic rings. The summed E-state index contributed by atoms with van der Waals surface area (Å²) in [6.07, 6.45) is 3.93. The van der Waals surface area contributed by atoms with Crippen molar-refractivity contribution < 1.29 is 13.9 Å². The molecule has 6 heteroatoms. The molecule has 2 unspecified atom stereocenters. The molecule has 132 valence electrons. The molecule has 1 fully saturated rings. The Hall–Kier alpha value is -3.28. The van der Waals surface area contributed by atoms with Crippen LogP contribution < -0.4 is 15.4 Å². The van der Waals surface area contributed by atoms with Crippen LogP contribution in [0.1, 0.15) is 17.9 Å². The zero-order valence-corrected chi connectivity index (χ0v) is 14.3. The topological polar surface area (TPSA) is 76.4 Å². The minimum absolute atomic E-state index is 0.115. The number of amides is 2.